The topological polar surface area (TPSA) is 76.6 Å². The van der Waals surface area contributed by atoms with E-state index in [4.69, 9.17) is 5.11 Å². The van der Waals surface area contributed by atoms with Gasteiger partial charge >= 0.3 is 5.97 Å². The molecule has 0 spiro atoms. The SMILES string of the molecule is O=C(O)c1ccc(-c2ccc(N3CCN(c4ccccc4)CC3)cc2)[nH]c1=O. The number of pyridine rings is 1. The molecule has 28 heavy (non-hydrogen) atoms. The molecule has 2 aromatic carbocycles. The first-order chi connectivity index (χ1) is 13.6. The van der Waals surface area contributed by atoms with Crippen LogP contribution in [0.4, 0.5) is 11.4 Å². The molecular formula is C22H21N3O3. The predicted octanol–water partition coefficient (Wildman–Crippen LogP) is 3.07. The van der Waals surface area contributed by atoms with E-state index < -0.39 is 11.5 Å². The molecule has 0 atom stereocenters. The second-order valence-corrected chi connectivity index (χ2v) is 6.78. The van der Waals surface area contributed by atoms with Gasteiger partial charge in [0.15, 0.2) is 0 Å². The van der Waals surface area contributed by atoms with Gasteiger partial charge in [-0.05, 0) is 42.0 Å². The van der Waals surface area contributed by atoms with Crippen molar-refractivity contribution in [1.29, 1.82) is 0 Å². The number of nitrogens with one attached hydrogen (secondary N) is 1. The molecule has 0 radical (unpaired) electrons. The summed E-state index contributed by atoms with van der Waals surface area (Å²) in [5.41, 5.74) is 3.01. The van der Waals surface area contributed by atoms with Crippen molar-refractivity contribution in [1.82, 2.24) is 4.98 Å². The summed E-state index contributed by atoms with van der Waals surface area (Å²) in [5.74, 6) is -1.22. The van der Waals surface area contributed by atoms with Crippen LogP contribution in [-0.4, -0.2) is 42.2 Å². The highest BCUT2D eigenvalue weighted by Crippen LogP contribution is 2.23. The first kappa shape index (κ1) is 17.9. The lowest BCUT2D eigenvalue weighted by atomic mass is 10.1. The Morgan fingerprint density at radius 1 is 0.786 bits per heavy atom. The van der Waals surface area contributed by atoms with Crippen molar-refractivity contribution < 1.29 is 9.90 Å². The Labute approximate surface area is 162 Å². The highest BCUT2D eigenvalue weighted by Gasteiger charge is 2.17. The smallest absolute Gasteiger partial charge is 0.341 e. The molecule has 1 aliphatic heterocycles. The molecule has 6 heteroatoms. The van der Waals surface area contributed by atoms with E-state index in [1.165, 1.54) is 11.8 Å². The third kappa shape index (κ3) is 3.62. The van der Waals surface area contributed by atoms with Gasteiger partial charge in [0, 0.05) is 43.2 Å². The Kier molecular flexibility index (Phi) is 4.85. The number of carboxylic acid groups (broad SMARTS) is 1. The molecule has 2 heterocycles. The van der Waals surface area contributed by atoms with E-state index in [1.54, 1.807) is 6.07 Å². The number of aromatic carboxylic acids is 1. The van der Waals surface area contributed by atoms with Crippen LogP contribution in [0.15, 0.2) is 71.5 Å². The van der Waals surface area contributed by atoms with Gasteiger partial charge in [0.05, 0.1) is 0 Å². The number of carboxylic acids is 1. The largest absolute Gasteiger partial charge is 0.477 e. The monoisotopic (exact) mass is 375 g/mol. The number of benzene rings is 2. The van der Waals surface area contributed by atoms with Gasteiger partial charge in [0.25, 0.3) is 5.56 Å². The molecular weight excluding hydrogens is 354 g/mol. The van der Waals surface area contributed by atoms with E-state index in [0.29, 0.717) is 5.69 Å². The van der Waals surface area contributed by atoms with Crippen molar-refractivity contribution >= 4 is 17.3 Å². The Bertz CT molecular complexity index is 1020. The molecule has 1 aromatic heterocycles. The lowest BCUT2D eigenvalue weighted by Crippen LogP contribution is -2.46. The number of piperazine rings is 1. The number of carbonyl (C=O) groups is 1. The molecule has 0 unspecified atom stereocenters. The van der Waals surface area contributed by atoms with Gasteiger partial charge in [0.1, 0.15) is 5.56 Å². The molecule has 0 aliphatic carbocycles. The number of aromatic amines is 1. The summed E-state index contributed by atoms with van der Waals surface area (Å²) in [5, 5.41) is 8.97. The summed E-state index contributed by atoms with van der Waals surface area (Å²) in [7, 11) is 0. The highest BCUT2D eigenvalue weighted by atomic mass is 16.4. The van der Waals surface area contributed by atoms with Gasteiger partial charge in [-0.15, -0.1) is 0 Å². The lowest BCUT2D eigenvalue weighted by Gasteiger charge is -2.37. The van der Waals surface area contributed by atoms with Gasteiger partial charge < -0.3 is 19.9 Å². The van der Waals surface area contributed by atoms with Crippen molar-refractivity contribution in [2.75, 3.05) is 36.0 Å². The second-order valence-electron chi connectivity index (χ2n) is 6.78. The van der Waals surface area contributed by atoms with Crippen LogP contribution in [0.2, 0.25) is 0 Å². The van der Waals surface area contributed by atoms with Gasteiger partial charge in [-0.2, -0.15) is 0 Å². The minimum absolute atomic E-state index is 0.253. The minimum atomic E-state index is -1.22. The van der Waals surface area contributed by atoms with Crippen molar-refractivity contribution in [3.63, 3.8) is 0 Å². The van der Waals surface area contributed by atoms with Crippen LogP contribution in [0, 0.1) is 0 Å². The zero-order valence-corrected chi connectivity index (χ0v) is 15.3. The van der Waals surface area contributed by atoms with Gasteiger partial charge in [-0.3, -0.25) is 4.79 Å². The van der Waals surface area contributed by atoms with Crippen LogP contribution in [0.25, 0.3) is 11.3 Å². The fraction of sp³-hybridized carbons (Fsp3) is 0.182. The minimum Gasteiger partial charge on any atom is -0.477 e. The van der Waals surface area contributed by atoms with Crippen LogP contribution in [-0.2, 0) is 0 Å². The zero-order valence-electron chi connectivity index (χ0n) is 15.3. The number of anilines is 2. The molecule has 0 saturated carbocycles. The zero-order chi connectivity index (χ0) is 19.5. The summed E-state index contributed by atoms with van der Waals surface area (Å²) >= 11 is 0. The number of nitrogens with zero attached hydrogens (tertiary/aromatic N) is 2. The van der Waals surface area contributed by atoms with Crippen LogP contribution in [0.1, 0.15) is 10.4 Å². The first-order valence-electron chi connectivity index (χ1n) is 9.24. The molecule has 1 aliphatic rings. The lowest BCUT2D eigenvalue weighted by molar-refractivity contribution is 0.0695. The fourth-order valence-electron chi connectivity index (χ4n) is 3.52. The fourth-order valence-corrected chi connectivity index (χ4v) is 3.52. The van der Waals surface area contributed by atoms with Gasteiger partial charge in [-0.1, -0.05) is 30.3 Å². The van der Waals surface area contributed by atoms with E-state index in [1.807, 2.05) is 30.3 Å². The molecule has 1 saturated heterocycles. The van der Waals surface area contributed by atoms with Crippen LogP contribution < -0.4 is 15.4 Å². The van der Waals surface area contributed by atoms with Crippen molar-refractivity contribution in [2.45, 2.75) is 0 Å². The summed E-state index contributed by atoms with van der Waals surface area (Å²) in [4.78, 5) is 30.2. The molecule has 2 N–H and O–H groups in total. The summed E-state index contributed by atoms with van der Waals surface area (Å²) < 4.78 is 0. The molecule has 3 aromatic rings. The number of H-pyrrole nitrogens is 1. The number of hydrogen-bond acceptors (Lipinski definition) is 4. The van der Waals surface area contributed by atoms with E-state index in [2.05, 4.69) is 39.0 Å². The summed E-state index contributed by atoms with van der Waals surface area (Å²) in [6, 6.07) is 21.4. The van der Waals surface area contributed by atoms with Crippen molar-refractivity contribution in [3.8, 4) is 11.3 Å². The van der Waals surface area contributed by atoms with Crippen molar-refractivity contribution in [3.05, 3.63) is 82.6 Å². The average molecular weight is 375 g/mol. The maximum absolute atomic E-state index is 11.9. The third-order valence-electron chi connectivity index (χ3n) is 5.08. The Morgan fingerprint density at radius 2 is 1.36 bits per heavy atom. The Balaban J connectivity index is 1.45. The number of aromatic nitrogens is 1. The Hall–Kier alpha value is -3.54. The van der Waals surface area contributed by atoms with Gasteiger partial charge in [-0.25, -0.2) is 4.79 Å². The summed E-state index contributed by atoms with van der Waals surface area (Å²) in [6.07, 6.45) is 0. The Morgan fingerprint density at radius 3 is 1.89 bits per heavy atom. The quantitative estimate of drug-likeness (QED) is 0.733. The predicted molar refractivity (Wildman–Crippen MR) is 110 cm³/mol. The molecule has 0 bridgehead atoms. The molecule has 6 nitrogen and oxygen atoms in total. The van der Waals surface area contributed by atoms with Crippen molar-refractivity contribution in [2.24, 2.45) is 0 Å². The maximum Gasteiger partial charge on any atom is 0.341 e. The number of para-hydroxylation sites is 1. The maximum atomic E-state index is 11.9. The van der Waals surface area contributed by atoms with E-state index in [0.717, 1.165) is 37.4 Å². The molecule has 4 rings (SSSR count). The molecule has 1 fully saturated rings. The normalized spacial score (nSPS) is 14.1. The molecule has 142 valence electrons. The molecule has 0 amide bonds. The van der Waals surface area contributed by atoms with Gasteiger partial charge in [0.2, 0.25) is 0 Å². The second kappa shape index (κ2) is 7.60. The van der Waals surface area contributed by atoms with E-state index >= 15 is 0 Å². The standard InChI is InChI=1S/C22H21N3O3/c26-21-19(22(27)28)10-11-20(23-21)16-6-8-18(9-7-16)25-14-12-24(13-15-25)17-4-2-1-3-5-17/h1-11H,12-15H2,(H,23,26)(H,27,28). The highest BCUT2D eigenvalue weighted by molar-refractivity contribution is 5.87. The first-order valence-corrected chi connectivity index (χ1v) is 9.24. The summed E-state index contributed by atoms with van der Waals surface area (Å²) in [6.45, 7) is 3.82. The third-order valence-corrected chi connectivity index (χ3v) is 5.08. The van der Waals surface area contributed by atoms with E-state index in [9.17, 15) is 9.59 Å². The average Bonchev–Trinajstić information content (AvgIpc) is 2.74. The number of hydrogen-bond donors (Lipinski definition) is 2. The van der Waals surface area contributed by atoms with Crippen LogP contribution >= 0.6 is 0 Å². The van der Waals surface area contributed by atoms with E-state index in [-0.39, 0.29) is 5.56 Å². The number of rotatable bonds is 4. The van der Waals surface area contributed by atoms with Crippen LogP contribution in [0.5, 0.6) is 0 Å². The van der Waals surface area contributed by atoms with Crippen LogP contribution in [0.3, 0.4) is 0 Å².